The molecule has 0 radical (unpaired) electrons. The molecule has 1 saturated heterocycles. The van der Waals surface area contributed by atoms with Gasteiger partial charge in [0, 0.05) is 26.2 Å². The van der Waals surface area contributed by atoms with E-state index in [1.807, 2.05) is 0 Å². The predicted molar refractivity (Wildman–Crippen MR) is 114 cm³/mol. The van der Waals surface area contributed by atoms with Crippen molar-refractivity contribution in [3.05, 3.63) is 35.4 Å². The van der Waals surface area contributed by atoms with Gasteiger partial charge in [-0.15, -0.1) is 0 Å². The normalized spacial score (nSPS) is 16.6. The van der Waals surface area contributed by atoms with Gasteiger partial charge in [0.15, 0.2) is 5.96 Å². The van der Waals surface area contributed by atoms with Crippen molar-refractivity contribution in [2.24, 2.45) is 10.7 Å². The van der Waals surface area contributed by atoms with Crippen LogP contribution in [0.5, 0.6) is 0 Å². The van der Waals surface area contributed by atoms with E-state index in [-0.39, 0.29) is 6.10 Å². The Hall–Kier alpha value is -1.59. The molecular formula is C22H38N4O. The number of unbranched alkanes of at least 4 members (excludes halogenated alkanes) is 5. The van der Waals surface area contributed by atoms with Crippen LogP contribution in [0.4, 0.5) is 0 Å². The smallest absolute Gasteiger partial charge is 0.188 e. The summed E-state index contributed by atoms with van der Waals surface area (Å²) >= 11 is 0. The van der Waals surface area contributed by atoms with Crippen LogP contribution in [0, 0.1) is 0 Å². The summed E-state index contributed by atoms with van der Waals surface area (Å²) in [5, 5.41) is 12.9. The maximum absolute atomic E-state index is 9.67. The van der Waals surface area contributed by atoms with Gasteiger partial charge in [0.2, 0.25) is 0 Å². The van der Waals surface area contributed by atoms with Crippen molar-refractivity contribution in [3.8, 4) is 0 Å². The van der Waals surface area contributed by atoms with Crippen LogP contribution in [-0.2, 0) is 13.1 Å². The van der Waals surface area contributed by atoms with E-state index in [0.29, 0.717) is 12.5 Å². The molecule has 0 spiro atoms. The lowest BCUT2D eigenvalue weighted by molar-refractivity contribution is 0.0791. The van der Waals surface area contributed by atoms with E-state index in [4.69, 9.17) is 5.73 Å². The third-order valence-corrected chi connectivity index (χ3v) is 5.33. The predicted octanol–water partition coefficient (Wildman–Crippen LogP) is 3.41. The topological polar surface area (TPSA) is 73.9 Å². The molecule has 0 unspecified atom stereocenters. The Labute approximate surface area is 165 Å². The van der Waals surface area contributed by atoms with E-state index in [1.165, 1.54) is 43.2 Å². The number of hydrogen-bond acceptors (Lipinski definition) is 3. The molecule has 0 atom stereocenters. The molecule has 152 valence electrons. The molecule has 27 heavy (non-hydrogen) atoms. The highest BCUT2D eigenvalue weighted by molar-refractivity contribution is 5.77. The van der Waals surface area contributed by atoms with Crippen LogP contribution in [0.2, 0.25) is 0 Å². The summed E-state index contributed by atoms with van der Waals surface area (Å²) in [6.45, 7) is 6.60. The van der Waals surface area contributed by atoms with Crippen LogP contribution in [0.25, 0.3) is 0 Å². The molecule has 1 aromatic carbocycles. The second kappa shape index (κ2) is 12.7. The zero-order chi connectivity index (χ0) is 19.3. The zero-order valence-electron chi connectivity index (χ0n) is 17.0. The van der Waals surface area contributed by atoms with Gasteiger partial charge in [-0.3, -0.25) is 4.90 Å². The minimum absolute atomic E-state index is 0.126. The molecule has 0 saturated carbocycles. The molecule has 1 fully saturated rings. The molecule has 0 bridgehead atoms. The van der Waals surface area contributed by atoms with Crippen molar-refractivity contribution >= 4 is 5.96 Å². The van der Waals surface area contributed by atoms with Crippen LogP contribution in [-0.4, -0.2) is 41.7 Å². The van der Waals surface area contributed by atoms with Gasteiger partial charge in [0.25, 0.3) is 0 Å². The summed E-state index contributed by atoms with van der Waals surface area (Å²) in [4.78, 5) is 6.94. The number of nitrogens with zero attached hydrogens (tertiary/aromatic N) is 2. The fourth-order valence-electron chi connectivity index (χ4n) is 3.53. The molecule has 0 amide bonds. The highest BCUT2D eigenvalue weighted by Gasteiger charge is 2.17. The number of guanidine groups is 1. The molecule has 2 rings (SSSR count). The van der Waals surface area contributed by atoms with Crippen molar-refractivity contribution in [2.45, 2.75) is 77.5 Å². The Morgan fingerprint density at radius 2 is 1.78 bits per heavy atom. The second-order valence-corrected chi connectivity index (χ2v) is 7.67. The molecule has 1 aliphatic heterocycles. The number of aliphatic hydroxyl groups is 1. The number of aliphatic imine (C=N–C) groups is 1. The first-order valence-corrected chi connectivity index (χ1v) is 10.7. The summed E-state index contributed by atoms with van der Waals surface area (Å²) in [6, 6.07) is 8.46. The van der Waals surface area contributed by atoms with Crippen molar-refractivity contribution in [2.75, 3.05) is 19.6 Å². The van der Waals surface area contributed by atoms with Crippen LogP contribution in [0.15, 0.2) is 29.3 Å². The fraction of sp³-hybridized carbons (Fsp3) is 0.682. The summed E-state index contributed by atoms with van der Waals surface area (Å²) in [5.74, 6) is 0.541. The third kappa shape index (κ3) is 8.76. The molecule has 4 N–H and O–H groups in total. The Kier molecular flexibility index (Phi) is 10.2. The monoisotopic (exact) mass is 374 g/mol. The Bertz CT molecular complexity index is 553. The van der Waals surface area contributed by atoms with Gasteiger partial charge in [0.1, 0.15) is 0 Å². The van der Waals surface area contributed by atoms with Gasteiger partial charge >= 0.3 is 0 Å². The average molecular weight is 375 g/mol. The molecule has 1 heterocycles. The number of piperidine rings is 1. The zero-order valence-corrected chi connectivity index (χ0v) is 17.0. The van der Waals surface area contributed by atoms with Crippen molar-refractivity contribution in [3.63, 3.8) is 0 Å². The Morgan fingerprint density at radius 3 is 2.52 bits per heavy atom. The lowest BCUT2D eigenvalue weighted by Crippen LogP contribution is -2.35. The van der Waals surface area contributed by atoms with E-state index in [9.17, 15) is 5.11 Å². The first-order valence-electron chi connectivity index (χ1n) is 10.7. The minimum Gasteiger partial charge on any atom is -0.393 e. The third-order valence-electron chi connectivity index (χ3n) is 5.33. The number of aliphatic hydroxyl groups excluding tert-OH is 1. The highest BCUT2D eigenvalue weighted by atomic mass is 16.3. The number of rotatable bonds is 11. The summed E-state index contributed by atoms with van der Waals surface area (Å²) in [7, 11) is 0. The fourth-order valence-corrected chi connectivity index (χ4v) is 3.53. The standard InChI is InChI=1S/C22H38N4O/c1-2-3-4-5-6-9-14-24-22(23)25-17-19-10-7-8-11-20(19)18-26-15-12-21(27)13-16-26/h7-8,10-11,21,27H,2-6,9,12-18H2,1H3,(H3,23,24,25). The molecule has 5 nitrogen and oxygen atoms in total. The molecule has 5 heteroatoms. The van der Waals surface area contributed by atoms with Crippen molar-refractivity contribution < 1.29 is 5.11 Å². The number of likely N-dealkylation sites (tertiary alicyclic amines) is 1. The van der Waals surface area contributed by atoms with E-state index >= 15 is 0 Å². The van der Waals surface area contributed by atoms with Gasteiger partial charge in [-0.25, -0.2) is 4.99 Å². The van der Waals surface area contributed by atoms with E-state index in [0.717, 1.165) is 45.4 Å². The van der Waals surface area contributed by atoms with Crippen LogP contribution in [0.3, 0.4) is 0 Å². The summed E-state index contributed by atoms with van der Waals surface area (Å²) in [6.07, 6.45) is 9.31. The van der Waals surface area contributed by atoms with Crippen LogP contribution < -0.4 is 11.1 Å². The summed E-state index contributed by atoms with van der Waals surface area (Å²) in [5.41, 5.74) is 8.57. The minimum atomic E-state index is -0.126. The summed E-state index contributed by atoms with van der Waals surface area (Å²) < 4.78 is 0. The van der Waals surface area contributed by atoms with Gasteiger partial charge in [0.05, 0.1) is 12.6 Å². The number of nitrogens with two attached hydrogens (primary N) is 1. The van der Waals surface area contributed by atoms with Crippen LogP contribution >= 0.6 is 0 Å². The van der Waals surface area contributed by atoms with Gasteiger partial charge in [-0.1, -0.05) is 63.3 Å². The van der Waals surface area contributed by atoms with E-state index < -0.39 is 0 Å². The number of benzene rings is 1. The lowest BCUT2D eigenvalue weighted by Gasteiger charge is -2.30. The Balaban J connectivity index is 1.73. The van der Waals surface area contributed by atoms with Gasteiger partial charge in [-0.05, 0) is 30.4 Å². The molecule has 1 aliphatic rings. The molecular weight excluding hydrogens is 336 g/mol. The lowest BCUT2D eigenvalue weighted by atomic mass is 10.0. The largest absolute Gasteiger partial charge is 0.393 e. The van der Waals surface area contributed by atoms with Gasteiger partial charge < -0.3 is 16.2 Å². The number of nitrogens with one attached hydrogen (secondary N) is 1. The maximum atomic E-state index is 9.67. The van der Waals surface area contributed by atoms with Crippen molar-refractivity contribution in [1.82, 2.24) is 10.2 Å². The molecule has 1 aromatic rings. The second-order valence-electron chi connectivity index (χ2n) is 7.67. The first-order chi connectivity index (χ1) is 13.2. The average Bonchev–Trinajstić information content (AvgIpc) is 2.68. The first kappa shape index (κ1) is 21.7. The molecule has 0 aromatic heterocycles. The Morgan fingerprint density at radius 1 is 1.11 bits per heavy atom. The van der Waals surface area contributed by atoms with Crippen molar-refractivity contribution in [1.29, 1.82) is 0 Å². The highest BCUT2D eigenvalue weighted by Crippen LogP contribution is 2.17. The SMILES string of the molecule is CCCCCCCCNC(N)=NCc1ccccc1CN1CCC(O)CC1. The molecule has 0 aliphatic carbocycles. The van der Waals surface area contributed by atoms with Crippen LogP contribution in [0.1, 0.15) is 69.4 Å². The maximum Gasteiger partial charge on any atom is 0.188 e. The quantitative estimate of drug-likeness (QED) is 0.315. The number of hydrogen-bond donors (Lipinski definition) is 3. The van der Waals surface area contributed by atoms with E-state index in [2.05, 4.69) is 46.4 Å². The van der Waals surface area contributed by atoms with E-state index in [1.54, 1.807) is 0 Å². The van der Waals surface area contributed by atoms with Gasteiger partial charge in [-0.2, -0.15) is 0 Å².